The van der Waals surface area contributed by atoms with E-state index < -0.39 is 0 Å². The number of nitrogens with zero attached hydrogens (tertiary/aromatic N) is 1. The van der Waals surface area contributed by atoms with Crippen molar-refractivity contribution in [2.45, 2.75) is 13.3 Å². The number of hydrogen-bond donors (Lipinski definition) is 0. The lowest BCUT2D eigenvalue weighted by Crippen LogP contribution is -2.12. The second kappa shape index (κ2) is 9.23. The highest BCUT2D eigenvalue weighted by Crippen LogP contribution is 2.19. The summed E-state index contributed by atoms with van der Waals surface area (Å²) >= 11 is 0. The van der Waals surface area contributed by atoms with Gasteiger partial charge in [0.05, 0.1) is 11.9 Å². The molecule has 0 fully saturated rings. The van der Waals surface area contributed by atoms with Crippen LogP contribution in [-0.2, 0) is 0 Å². The zero-order valence-corrected chi connectivity index (χ0v) is 14.7. The molecule has 0 aromatic heterocycles. The third-order valence-electron chi connectivity index (χ3n) is 3.68. The van der Waals surface area contributed by atoms with Crippen molar-refractivity contribution in [3.8, 4) is 11.5 Å². The molecule has 0 heterocycles. The molecule has 0 saturated heterocycles. The van der Waals surface area contributed by atoms with E-state index in [1.807, 2.05) is 91.0 Å². The average Bonchev–Trinajstić information content (AvgIpc) is 2.71. The Balaban J connectivity index is 1.91. The maximum Gasteiger partial charge on any atom is 0.226 e. The minimum atomic E-state index is 0.529. The van der Waals surface area contributed by atoms with Crippen molar-refractivity contribution in [1.82, 2.24) is 0 Å². The van der Waals surface area contributed by atoms with Gasteiger partial charge in [-0.2, -0.15) is 0 Å². The van der Waals surface area contributed by atoms with E-state index in [1.165, 1.54) is 0 Å². The van der Waals surface area contributed by atoms with Gasteiger partial charge in [-0.15, -0.1) is 0 Å². The predicted octanol–water partition coefficient (Wildman–Crippen LogP) is 6.17. The first-order valence-corrected chi connectivity index (χ1v) is 8.63. The first-order chi connectivity index (χ1) is 12.8. The lowest BCUT2D eigenvalue weighted by molar-refractivity contribution is 0.471. The molecule has 130 valence electrons. The zero-order valence-electron chi connectivity index (χ0n) is 14.7. The highest BCUT2D eigenvalue weighted by Gasteiger charge is 2.10. The Morgan fingerprint density at radius 2 is 1.31 bits per heavy atom. The number of rotatable bonds is 6. The fraction of sp³-hybridized carbons (Fsp3) is 0.0870. The Kier molecular flexibility index (Phi) is 6.21. The Hall–Kier alpha value is -3.33. The van der Waals surface area contributed by atoms with Crippen molar-refractivity contribution in [2.75, 3.05) is 0 Å². The number of aliphatic imine (C=N–C) groups is 1. The maximum atomic E-state index is 6.06. The molecule has 3 aromatic carbocycles. The van der Waals surface area contributed by atoms with Gasteiger partial charge in [0.15, 0.2) is 0 Å². The van der Waals surface area contributed by atoms with Crippen molar-refractivity contribution < 1.29 is 9.47 Å². The molecule has 0 N–H and O–H groups in total. The summed E-state index contributed by atoms with van der Waals surface area (Å²) in [6.07, 6.45) is 2.44. The summed E-state index contributed by atoms with van der Waals surface area (Å²) in [6, 6.07) is 29.1. The predicted molar refractivity (Wildman–Crippen MR) is 106 cm³/mol. The van der Waals surface area contributed by atoms with E-state index >= 15 is 0 Å². The fourth-order valence-electron chi connectivity index (χ4n) is 2.30. The van der Waals surface area contributed by atoms with Crippen molar-refractivity contribution in [3.05, 3.63) is 103 Å². The first kappa shape index (κ1) is 17.5. The molecule has 0 aliphatic rings. The Labute approximate surface area is 154 Å². The lowest BCUT2D eigenvalue weighted by Gasteiger charge is -2.12. The molecule has 3 heteroatoms. The quantitative estimate of drug-likeness (QED) is 0.304. The van der Waals surface area contributed by atoms with Crippen LogP contribution in [0.25, 0.3) is 0 Å². The first-order valence-electron chi connectivity index (χ1n) is 8.63. The SMILES string of the molecule is CCC(=C\Oc1ccccc1)/C(=N\c1ccccc1)Oc1ccccc1. The summed E-state index contributed by atoms with van der Waals surface area (Å²) in [7, 11) is 0. The van der Waals surface area contributed by atoms with Crippen molar-refractivity contribution in [1.29, 1.82) is 0 Å². The van der Waals surface area contributed by atoms with Crippen LogP contribution >= 0.6 is 0 Å². The van der Waals surface area contributed by atoms with E-state index in [1.54, 1.807) is 6.26 Å². The topological polar surface area (TPSA) is 30.8 Å². The summed E-state index contributed by atoms with van der Waals surface area (Å²) in [5.74, 6) is 2.04. The molecule has 0 spiro atoms. The van der Waals surface area contributed by atoms with Gasteiger partial charge in [0.25, 0.3) is 0 Å². The van der Waals surface area contributed by atoms with Crippen LogP contribution in [0.3, 0.4) is 0 Å². The van der Waals surface area contributed by atoms with Crippen LogP contribution in [0.1, 0.15) is 13.3 Å². The van der Waals surface area contributed by atoms with Gasteiger partial charge in [-0.1, -0.05) is 61.5 Å². The van der Waals surface area contributed by atoms with Gasteiger partial charge >= 0.3 is 0 Å². The molecule has 0 aliphatic carbocycles. The Bertz CT molecular complexity index is 856. The van der Waals surface area contributed by atoms with E-state index in [0.717, 1.165) is 29.2 Å². The largest absolute Gasteiger partial charge is 0.465 e. The van der Waals surface area contributed by atoms with Crippen LogP contribution in [0.15, 0.2) is 108 Å². The number of hydrogen-bond acceptors (Lipinski definition) is 3. The van der Waals surface area contributed by atoms with Gasteiger partial charge in [-0.3, -0.25) is 0 Å². The molecule has 0 radical (unpaired) electrons. The van der Waals surface area contributed by atoms with E-state index in [0.29, 0.717) is 5.90 Å². The molecular formula is C23H21NO2. The second-order valence-corrected chi connectivity index (χ2v) is 5.60. The summed E-state index contributed by atoms with van der Waals surface area (Å²) in [6.45, 7) is 2.05. The van der Waals surface area contributed by atoms with Crippen LogP contribution in [0.4, 0.5) is 5.69 Å². The second-order valence-electron chi connectivity index (χ2n) is 5.60. The monoisotopic (exact) mass is 343 g/mol. The highest BCUT2D eigenvalue weighted by molar-refractivity contribution is 5.96. The molecule has 3 nitrogen and oxygen atoms in total. The minimum Gasteiger partial charge on any atom is -0.465 e. The maximum absolute atomic E-state index is 6.06. The van der Waals surface area contributed by atoms with Crippen molar-refractivity contribution in [2.24, 2.45) is 4.99 Å². The molecule has 26 heavy (non-hydrogen) atoms. The molecule has 3 aromatic rings. The van der Waals surface area contributed by atoms with Gasteiger partial charge in [0.2, 0.25) is 5.90 Å². The molecule has 0 aliphatic heterocycles. The molecule has 0 unspecified atom stereocenters. The normalized spacial score (nSPS) is 11.9. The smallest absolute Gasteiger partial charge is 0.226 e. The number of ether oxygens (including phenoxy) is 2. The van der Waals surface area contributed by atoms with Gasteiger partial charge in [0, 0.05) is 5.57 Å². The summed E-state index contributed by atoms with van der Waals surface area (Å²) in [5.41, 5.74) is 1.71. The highest BCUT2D eigenvalue weighted by atomic mass is 16.5. The van der Waals surface area contributed by atoms with Crippen molar-refractivity contribution >= 4 is 11.6 Å². The number of para-hydroxylation sites is 3. The van der Waals surface area contributed by atoms with Gasteiger partial charge < -0.3 is 9.47 Å². The van der Waals surface area contributed by atoms with Gasteiger partial charge in [-0.05, 0) is 42.8 Å². The van der Waals surface area contributed by atoms with Crippen LogP contribution in [0, 0.1) is 0 Å². The molecule has 0 atom stereocenters. The third kappa shape index (κ3) is 5.08. The molecule has 0 bridgehead atoms. The molecular weight excluding hydrogens is 322 g/mol. The summed E-state index contributed by atoms with van der Waals surface area (Å²) in [4.78, 5) is 4.68. The van der Waals surface area contributed by atoms with Gasteiger partial charge in [0.1, 0.15) is 11.5 Å². The average molecular weight is 343 g/mol. The zero-order chi connectivity index (χ0) is 18.0. The van der Waals surface area contributed by atoms with Gasteiger partial charge in [-0.25, -0.2) is 4.99 Å². The van der Waals surface area contributed by atoms with E-state index in [-0.39, 0.29) is 0 Å². The lowest BCUT2D eigenvalue weighted by atomic mass is 10.2. The van der Waals surface area contributed by atoms with E-state index in [4.69, 9.17) is 9.47 Å². The standard InChI is InChI=1S/C23H21NO2/c1-2-19(18-25-21-14-8-4-9-15-21)23(24-20-12-6-3-7-13-20)26-22-16-10-5-11-17-22/h3-18H,2H2,1H3/b19-18+,24-23+. The minimum absolute atomic E-state index is 0.529. The van der Waals surface area contributed by atoms with Crippen LogP contribution < -0.4 is 9.47 Å². The van der Waals surface area contributed by atoms with Crippen molar-refractivity contribution in [3.63, 3.8) is 0 Å². The molecule has 0 saturated carbocycles. The number of benzene rings is 3. The molecule has 3 rings (SSSR count). The Morgan fingerprint density at radius 3 is 1.88 bits per heavy atom. The Morgan fingerprint density at radius 1 is 0.769 bits per heavy atom. The van der Waals surface area contributed by atoms with E-state index in [2.05, 4.69) is 11.9 Å². The van der Waals surface area contributed by atoms with E-state index in [9.17, 15) is 0 Å². The third-order valence-corrected chi connectivity index (χ3v) is 3.68. The molecule has 0 amide bonds. The fourth-order valence-corrected chi connectivity index (χ4v) is 2.30. The van der Waals surface area contributed by atoms with Crippen LogP contribution in [0.2, 0.25) is 0 Å². The van der Waals surface area contributed by atoms with Crippen LogP contribution in [-0.4, -0.2) is 5.90 Å². The van der Waals surface area contributed by atoms with Crippen LogP contribution in [0.5, 0.6) is 11.5 Å². The summed E-state index contributed by atoms with van der Waals surface area (Å²) in [5, 5.41) is 0. The summed E-state index contributed by atoms with van der Waals surface area (Å²) < 4.78 is 11.9.